The number of anilines is 1. The highest BCUT2D eigenvalue weighted by Gasteiger charge is 2.00. The summed E-state index contributed by atoms with van der Waals surface area (Å²) >= 11 is 0. The van der Waals surface area contributed by atoms with Crippen LogP contribution in [0.25, 0.3) is 11.0 Å². The van der Waals surface area contributed by atoms with Crippen molar-refractivity contribution in [3.8, 4) is 0 Å². The maximum absolute atomic E-state index is 5.51. The summed E-state index contributed by atoms with van der Waals surface area (Å²) in [7, 11) is 0. The Hall–Kier alpha value is -1.58. The number of nitrogen functional groups attached to an aromatic ring is 1. The molecule has 2 N–H and O–H groups in total. The highest BCUT2D eigenvalue weighted by atomic mass is 15.0. The smallest absolute Gasteiger partial charge is 0.125 e. The summed E-state index contributed by atoms with van der Waals surface area (Å²) in [4.78, 5) is 8.20. The van der Waals surface area contributed by atoms with Crippen LogP contribution in [0.5, 0.6) is 0 Å². The number of nitrogens with two attached hydrogens (primary N) is 1. The number of imidazole rings is 1. The summed E-state index contributed by atoms with van der Waals surface area (Å²) in [5, 5.41) is 0. The van der Waals surface area contributed by atoms with Crippen LogP contribution < -0.4 is 5.73 Å². The fourth-order valence-corrected chi connectivity index (χ4v) is 1.22. The van der Waals surface area contributed by atoms with Crippen LogP contribution in [0.2, 0.25) is 0 Å². The molecule has 2 aromatic heterocycles. The van der Waals surface area contributed by atoms with Gasteiger partial charge in [0.05, 0.1) is 23.6 Å². The van der Waals surface area contributed by atoms with Crippen molar-refractivity contribution in [2.24, 2.45) is 0 Å². The zero-order valence-electron chi connectivity index (χ0n) is 6.86. The molecule has 0 unspecified atom stereocenters. The summed E-state index contributed by atoms with van der Waals surface area (Å²) in [5.74, 6) is 0.517. The van der Waals surface area contributed by atoms with E-state index in [4.69, 9.17) is 5.73 Å². The van der Waals surface area contributed by atoms with E-state index in [0.29, 0.717) is 5.82 Å². The summed E-state index contributed by atoms with van der Waals surface area (Å²) in [6.07, 6.45) is 3.55. The summed E-state index contributed by atoms with van der Waals surface area (Å²) in [6.45, 7) is 2.97. The zero-order valence-corrected chi connectivity index (χ0v) is 6.86. The molecule has 0 bridgehead atoms. The molecule has 0 spiro atoms. The fourth-order valence-electron chi connectivity index (χ4n) is 1.22. The minimum Gasteiger partial charge on any atom is -0.384 e. The van der Waals surface area contributed by atoms with E-state index in [2.05, 4.69) is 16.9 Å². The number of aromatic nitrogens is 3. The van der Waals surface area contributed by atoms with Gasteiger partial charge < -0.3 is 10.3 Å². The summed E-state index contributed by atoms with van der Waals surface area (Å²) in [6, 6.07) is 1.78. The van der Waals surface area contributed by atoms with Crippen LogP contribution in [0.3, 0.4) is 0 Å². The van der Waals surface area contributed by atoms with E-state index in [-0.39, 0.29) is 0 Å². The molecule has 0 aliphatic heterocycles. The van der Waals surface area contributed by atoms with Crippen molar-refractivity contribution in [1.29, 1.82) is 0 Å². The fraction of sp³-hybridized carbons (Fsp3) is 0.250. The molecule has 0 aliphatic rings. The second-order valence-electron chi connectivity index (χ2n) is 2.63. The SMILES string of the molecule is CCn1cnc2cc(N)ncc21. The predicted octanol–water partition coefficient (Wildman–Crippen LogP) is 1.03. The Balaban J connectivity index is 2.73. The normalized spacial score (nSPS) is 10.8. The first kappa shape index (κ1) is 7.09. The van der Waals surface area contributed by atoms with E-state index in [1.165, 1.54) is 0 Å². The average molecular weight is 162 g/mol. The second-order valence-corrected chi connectivity index (χ2v) is 2.63. The quantitative estimate of drug-likeness (QED) is 0.681. The topological polar surface area (TPSA) is 56.7 Å². The van der Waals surface area contributed by atoms with Crippen molar-refractivity contribution in [2.75, 3.05) is 5.73 Å². The van der Waals surface area contributed by atoms with Gasteiger partial charge in [-0.2, -0.15) is 0 Å². The van der Waals surface area contributed by atoms with Crippen LogP contribution in [-0.2, 0) is 6.54 Å². The highest BCUT2D eigenvalue weighted by Crippen LogP contribution is 2.12. The molecule has 62 valence electrons. The van der Waals surface area contributed by atoms with Crippen molar-refractivity contribution in [2.45, 2.75) is 13.5 Å². The maximum atomic E-state index is 5.51. The number of hydrogen-bond donors (Lipinski definition) is 1. The number of nitrogens with zero attached hydrogens (tertiary/aromatic N) is 3. The van der Waals surface area contributed by atoms with Gasteiger partial charge in [-0.3, -0.25) is 0 Å². The Bertz CT molecular complexity index is 404. The molecule has 0 aromatic carbocycles. The highest BCUT2D eigenvalue weighted by molar-refractivity contribution is 5.76. The van der Waals surface area contributed by atoms with Crippen LogP contribution in [0.1, 0.15) is 6.92 Å². The van der Waals surface area contributed by atoms with Crippen molar-refractivity contribution in [3.63, 3.8) is 0 Å². The largest absolute Gasteiger partial charge is 0.384 e. The molecule has 0 atom stereocenters. The standard InChI is InChI=1S/C8H10N4/c1-2-12-5-11-6-3-8(9)10-4-7(6)12/h3-5H,2H2,1H3,(H2,9,10). The summed E-state index contributed by atoms with van der Waals surface area (Å²) in [5.41, 5.74) is 7.46. The third kappa shape index (κ3) is 0.922. The van der Waals surface area contributed by atoms with Gasteiger partial charge in [-0.1, -0.05) is 0 Å². The molecule has 0 amide bonds. The molecule has 4 heteroatoms. The predicted molar refractivity (Wildman–Crippen MR) is 47.6 cm³/mol. The van der Waals surface area contributed by atoms with E-state index in [1.54, 1.807) is 18.6 Å². The van der Waals surface area contributed by atoms with E-state index in [0.717, 1.165) is 17.6 Å². The van der Waals surface area contributed by atoms with E-state index in [9.17, 15) is 0 Å². The lowest BCUT2D eigenvalue weighted by molar-refractivity contribution is 0.786. The van der Waals surface area contributed by atoms with E-state index >= 15 is 0 Å². The van der Waals surface area contributed by atoms with Gasteiger partial charge in [0.2, 0.25) is 0 Å². The molecule has 12 heavy (non-hydrogen) atoms. The van der Waals surface area contributed by atoms with Crippen molar-refractivity contribution < 1.29 is 0 Å². The molecule has 0 aliphatic carbocycles. The lowest BCUT2D eigenvalue weighted by Crippen LogP contribution is -1.93. The first-order valence-corrected chi connectivity index (χ1v) is 3.87. The van der Waals surface area contributed by atoms with E-state index < -0.39 is 0 Å². The average Bonchev–Trinajstić information content (AvgIpc) is 2.46. The molecule has 2 heterocycles. The maximum Gasteiger partial charge on any atom is 0.125 e. The summed E-state index contributed by atoms with van der Waals surface area (Å²) < 4.78 is 2.03. The Morgan fingerprint density at radius 1 is 1.50 bits per heavy atom. The van der Waals surface area contributed by atoms with Crippen LogP contribution in [0.4, 0.5) is 5.82 Å². The van der Waals surface area contributed by atoms with Gasteiger partial charge in [-0.05, 0) is 6.92 Å². The van der Waals surface area contributed by atoms with Gasteiger partial charge in [0.1, 0.15) is 5.82 Å². The molecule has 0 saturated heterocycles. The van der Waals surface area contributed by atoms with Gasteiger partial charge in [0, 0.05) is 12.6 Å². The minimum atomic E-state index is 0.517. The van der Waals surface area contributed by atoms with Crippen molar-refractivity contribution in [3.05, 3.63) is 18.6 Å². The number of rotatable bonds is 1. The first-order chi connectivity index (χ1) is 5.81. The first-order valence-electron chi connectivity index (χ1n) is 3.87. The Kier molecular flexibility index (Phi) is 1.46. The van der Waals surface area contributed by atoms with Gasteiger partial charge in [-0.15, -0.1) is 0 Å². The monoisotopic (exact) mass is 162 g/mol. The zero-order chi connectivity index (χ0) is 8.55. The molecule has 4 nitrogen and oxygen atoms in total. The molecular formula is C8H10N4. The van der Waals surface area contributed by atoms with Gasteiger partial charge in [0.15, 0.2) is 0 Å². The Morgan fingerprint density at radius 2 is 2.33 bits per heavy atom. The minimum absolute atomic E-state index is 0.517. The molecule has 0 saturated carbocycles. The number of aryl methyl sites for hydroxylation is 1. The van der Waals surface area contributed by atoms with Crippen molar-refractivity contribution in [1.82, 2.24) is 14.5 Å². The molecule has 2 rings (SSSR count). The molecule has 0 radical (unpaired) electrons. The second kappa shape index (κ2) is 2.48. The van der Waals surface area contributed by atoms with E-state index in [1.807, 2.05) is 4.57 Å². The third-order valence-electron chi connectivity index (χ3n) is 1.87. The van der Waals surface area contributed by atoms with Crippen LogP contribution in [0.15, 0.2) is 18.6 Å². The van der Waals surface area contributed by atoms with Gasteiger partial charge >= 0.3 is 0 Å². The third-order valence-corrected chi connectivity index (χ3v) is 1.87. The molecule has 2 aromatic rings. The van der Waals surface area contributed by atoms with Crippen LogP contribution in [0, 0.1) is 0 Å². The molecule has 0 fully saturated rings. The van der Waals surface area contributed by atoms with Crippen LogP contribution >= 0.6 is 0 Å². The van der Waals surface area contributed by atoms with Crippen LogP contribution in [-0.4, -0.2) is 14.5 Å². The lowest BCUT2D eigenvalue weighted by Gasteiger charge is -1.97. The van der Waals surface area contributed by atoms with Gasteiger partial charge in [0.25, 0.3) is 0 Å². The Labute approximate surface area is 70.0 Å². The number of hydrogen-bond acceptors (Lipinski definition) is 3. The van der Waals surface area contributed by atoms with Gasteiger partial charge in [-0.25, -0.2) is 9.97 Å². The van der Waals surface area contributed by atoms with Crippen molar-refractivity contribution >= 4 is 16.9 Å². The Morgan fingerprint density at radius 3 is 3.08 bits per heavy atom. The molecular weight excluding hydrogens is 152 g/mol. The number of fused-ring (bicyclic) bond motifs is 1. The lowest BCUT2D eigenvalue weighted by atomic mass is 10.4. The number of pyridine rings is 1.